The van der Waals surface area contributed by atoms with Gasteiger partial charge >= 0.3 is 0 Å². The average Bonchev–Trinajstić information content (AvgIpc) is 2.28. The smallest absolute Gasteiger partial charge is 0.225 e. The van der Waals surface area contributed by atoms with Crippen molar-refractivity contribution in [2.24, 2.45) is 0 Å². The maximum atomic E-state index is 11.3. The molecule has 0 aliphatic heterocycles. The van der Waals surface area contributed by atoms with Crippen molar-refractivity contribution in [2.45, 2.75) is 13.8 Å². The average molecular weight is 235 g/mol. The second-order valence-corrected chi connectivity index (χ2v) is 3.52. The number of amides is 1. The number of aromatic nitrogens is 1. The van der Waals surface area contributed by atoms with Gasteiger partial charge in [0.05, 0.1) is 5.56 Å². The van der Waals surface area contributed by atoms with Crippen molar-refractivity contribution in [3.63, 3.8) is 0 Å². The summed E-state index contributed by atoms with van der Waals surface area (Å²) < 4.78 is 0. The Kier molecular flexibility index (Phi) is 4.03. The molecule has 1 rings (SSSR count). The molecule has 0 fully saturated rings. The normalized spacial score (nSPS) is 9.82. The van der Waals surface area contributed by atoms with Crippen LogP contribution in [0.4, 0.5) is 11.5 Å². The van der Waals surface area contributed by atoms with Gasteiger partial charge in [0.1, 0.15) is 11.7 Å². The summed E-state index contributed by atoms with van der Waals surface area (Å²) in [5, 5.41) is 10.8. The first-order valence-corrected chi connectivity index (χ1v) is 5.31. The Morgan fingerprint density at radius 1 is 1.65 bits per heavy atom. The predicted molar refractivity (Wildman–Crippen MR) is 68.1 cm³/mol. The van der Waals surface area contributed by atoms with Gasteiger partial charge in [-0.1, -0.05) is 0 Å². The monoisotopic (exact) mass is 235 g/mol. The van der Waals surface area contributed by atoms with E-state index in [9.17, 15) is 4.79 Å². The third-order valence-corrected chi connectivity index (χ3v) is 2.41. The first kappa shape index (κ1) is 13.0. The molecule has 4 N–H and O–H groups in total. The second-order valence-electron chi connectivity index (χ2n) is 3.52. The zero-order valence-electron chi connectivity index (χ0n) is 10.2. The summed E-state index contributed by atoms with van der Waals surface area (Å²) in [6, 6.07) is 1.64. The van der Waals surface area contributed by atoms with Gasteiger partial charge in [0, 0.05) is 38.5 Å². The molecule has 1 amide bonds. The van der Waals surface area contributed by atoms with E-state index in [1.54, 1.807) is 13.1 Å². The van der Waals surface area contributed by atoms with E-state index in [-0.39, 0.29) is 11.7 Å². The number of amidine groups is 1. The fraction of sp³-hybridized carbons (Fsp3) is 0.364. The van der Waals surface area contributed by atoms with Crippen LogP contribution in [0.5, 0.6) is 0 Å². The third-order valence-electron chi connectivity index (χ3n) is 2.41. The van der Waals surface area contributed by atoms with Crippen LogP contribution in [0.25, 0.3) is 0 Å². The molecular formula is C11H17N5O. The summed E-state index contributed by atoms with van der Waals surface area (Å²) in [5.74, 6) is 0.521. The molecule has 6 heteroatoms. The molecular weight excluding hydrogens is 218 g/mol. The molecule has 0 radical (unpaired) electrons. The lowest BCUT2D eigenvalue weighted by molar-refractivity contribution is -0.124. The van der Waals surface area contributed by atoms with Gasteiger partial charge < -0.3 is 11.1 Å². The van der Waals surface area contributed by atoms with Crippen molar-refractivity contribution in [1.82, 2.24) is 9.88 Å². The Morgan fingerprint density at radius 2 is 2.29 bits per heavy atom. The topological polar surface area (TPSA) is 95.1 Å². The summed E-state index contributed by atoms with van der Waals surface area (Å²) in [4.78, 5) is 16.8. The van der Waals surface area contributed by atoms with Crippen molar-refractivity contribution >= 4 is 23.2 Å². The van der Waals surface area contributed by atoms with Gasteiger partial charge in [-0.15, -0.1) is 0 Å². The molecule has 1 aromatic heterocycles. The van der Waals surface area contributed by atoms with Crippen molar-refractivity contribution in [3.8, 4) is 0 Å². The molecule has 6 nitrogen and oxygen atoms in total. The Labute approximate surface area is 100 Å². The van der Waals surface area contributed by atoms with E-state index in [0.717, 1.165) is 0 Å². The van der Waals surface area contributed by atoms with Crippen molar-refractivity contribution in [1.29, 1.82) is 5.41 Å². The molecule has 1 aromatic rings. The SMILES string of the molecule is CCN(C(=N)c1cnc(NC)cc1N)C(C)=O. The van der Waals surface area contributed by atoms with Gasteiger partial charge in [-0.25, -0.2) is 4.98 Å². The van der Waals surface area contributed by atoms with E-state index in [2.05, 4.69) is 10.3 Å². The number of nitrogens with one attached hydrogen (secondary N) is 2. The van der Waals surface area contributed by atoms with Crippen molar-refractivity contribution in [2.75, 3.05) is 24.6 Å². The fourth-order valence-corrected chi connectivity index (χ4v) is 1.49. The van der Waals surface area contributed by atoms with Gasteiger partial charge in [0.2, 0.25) is 5.91 Å². The Morgan fingerprint density at radius 3 is 2.71 bits per heavy atom. The lowest BCUT2D eigenvalue weighted by atomic mass is 10.2. The summed E-state index contributed by atoms with van der Waals surface area (Å²) in [5.41, 5.74) is 6.72. The van der Waals surface area contributed by atoms with E-state index >= 15 is 0 Å². The number of hydrogen-bond acceptors (Lipinski definition) is 5. The molecule has 1 heterocycles. The van der Waals surface area contributed by atoms with Crippen LogP contribution in [0.2, 0.25) is 0 Å². The van der Waals surface area contributed by atoms with Crippen LogP contribution in [0.1, 0.15) is 19.4 Å². The molecule has 0 saturated heterocycles. The standard InChI is InChI=1S/C11H17N5O/c1-4-16(7(2)17)11(13)8-6-15-10(14-3)5-9(8)12/h5-6,13H,4H2,1-3H3,(H3,12,14,15). The number of rotatable bonds is 3. The zero-order valence-corrected chi connectivity index (χ0v) is 10.2. The van der Waals surface area contributed by atoms with Gasteiger partial charge in [-0.05, 0) is 6.92 Å². The van der Waals surface area contributed by atoms with Crippen LogP contribution in [0.15, 0.2) is 12.3 Å². The number of anilines is 2. The maximum absolute atomic E-state index is 11.3. The number of nitrogens with two attached hydrogens (primary N) is 1. The van der Waals surface area contributed by atoms with E-state index in [1.807, 2.05) is 6.92 Å². The van der Waals surface area contributed by atoms with Crippen LogP contribution in [-0.2, 0) is 4.79 Å². The first-order valence-electron chi connectivity index (χ1n) is 5.31. The maximum Gasteiger partial charge on any atom is 0.225 e. The summed E-state index contributed by atoms with van der Waals surface area (Å²) in [6.45, 7) is 3.66. The van der Waals surface area contributed by atoms with Crippen LogP contribution in [0.3, 0.4) is 0 Å². The number of nitrogen functional groups attached to an aromatic ring is 1. The second kappa shape index (κ2) is 5.29. The number of nitrogens with zero attached hydrogens (tertiary/aromatic N) is 2. The van der Waals surface area contributed by atoms with Crippen LogP contribution >= 0.6 is 0 Å². The summed E-state index contributed by atoms with van der Waals surface area (Å²) in [7, 11) is 1.74. The lowest BCUT2D eigenvalue weighted by Gasteiger charge is -2.20. The first-order chi connectivity index (χ1) is 8.01. The van der Waals surface area contributed by atoms with Crippen LogP contribution in [0, 0.1) is 5.41 Å². The molecule has 0 atom stereocenters. The van der Waals surface area contributed by atoms with E-state index in [0.29, 0.717) is 23.6 Å². The molecule has 0 unspecified atom stereocenters. The highest BCUT2D eigenvalue weighted by atomic mass is 16.2. The summed E-state index contributed by atoms with van der Waals surface area (Å²) >= 11 is 0. The molecule has 17 heavy (non-hydrogen) atoms. The molecule has 0 saturated carbocycles. The minimum atomic E-state index is -0.186. The minimum absolute atomic E-state index is 0.0765. The largest absolute Gasteiger partial charge is 0.398 e. The van der Waals surface area contributed by atoms with Gasteiger partial charge in [0.15, 0.2) is 0 Å². The number of pyridine rings is 1. The fourth-order valence-electron chi connectivity index (χ4n) is 1.49. The van der Waals surface area contributed by atoms with Gasteiger partial charge in [-0.3, -0.25) is 15.1 Å². The molecule has 92 valence electrons. The number of hydrogen-bond donors (Lipinski definition) is 3. The lowest BCUT2D eigenvalue weighted by Crippen LogP contribution is -2.35. The highest BCUT2D eigenvalue weighted by Gasteiger charge is 2.16. The predicted octanol–water partition coefficient (Wildman–Crippen LogP) is 0.899. The van der Waals surface area contributed by atoms with E-state index < -0.39 is 0 Å². The number of carbonyl (C=O) groups is 1. The Balaban J connectivity index is 3.08. The summed E-state index contributed by atoms with van der Waals surface area (Å²) in [6.07, 6.45) is 1.50. The van der Waals surface area contributed by atoms with E-state index in [4.69, 9.17) is 11.1 Å². The highest BCUT2D eigenvalue weighted by molar-refractivity contribution is 6.08. The van der Waals surface area contributed by atoms with Gasteiger partial charge in [-0.2, -0.15) is 0 Å². The molecule has 0 bridgehead atoms. The van der Waals surface area contributed by atoms with Crippen molar-refractivity contribution < 1.29 is 4.79 Å². The zero-order chi connectivity index (χ0) is 13.0. The minimum Gasteiger partial charge on any atom is -0.398 e. The quantitative estimate of drug-likeness (QED) is 0.535. The molecule has 0 aliphatic carbocycles. The third kappa shape index (κ3) is 2.72. The Hall–Kier alpha value is -2.11. The van der Waals surface area contributed by atoms with E-state index in [1.165, 1.54) is 18.0 Å². The van der Waals surface area contributed by atoms with Gasteiger partial charge in [0.25, 0.3) is 0 Å². The molecule has 0 aromatic carbocycles. The Bertz CT molecular complexity index is 443. The highest BCUT2D eigenvalue weighted by Crippen LogP contribution is 2.16. The van der Waals surface area contributed by atoms with Crippen LogP contribution < -0.4 is 11.1 Å². The molecule has 0 spiro atoms. The molecule has 0 aliphatic rings. The van der Waals surface area contributed by atoms with Crippen LogP contribution in [-0.4, -0.2) is 35.2 Å². The number of carbonyl (C=O) groups excluding carboxylic acids is 1. The van der Waals surface area contributed by atoms with Crippen molar-refractivity contribution in [3.05, 3.63) is 17.8 Å².